The fourth-order valence-electron chi connectivity index (χ4n) is 1.69. The van der Waals surface area contributed by atoms with E-state index in [0.717, 1.165) is 11.3 Å². The molecule has 3 nitrogen and oxygen atoms in total. The van der Waals surface area contributed by atoms with E-state index in [4.69, 9.17) is 10.5 Å². The van der Waals surface area contributed by atoms with Crippen LogP contribution in [-0.2, 0) is 6.54 Å². The normalized spacial score (nSPS) is 10.1. The van der Waals surface area contributed by atoms with Gasteiger partial charge in [0, 0.05) is 30.1 Å². The van der Waals surface area contributed by atoms with E-state index < -0.39 is 0 Å². The SMILES string of the molecule is COc1cc(N)cc(NCc2cccc(F)c2)c1. The number of anilines is 2. The average molecular weight is 246 g/mol. The van der Waals surface area contributed by atoms with Crippen LogP contribution in [0.3, 0.4) is 0 Å². The van der Waals surface area contributed by atoms with Gasteiger partial charge in [0.2, 0.25) is 0 Å². The highest BCUT2D eigenvalue weighted by molar-refractivity contribution is 5.59. The van der Waals surface area contributed by atoms with E-state index in [2.05, 4.69) is 5.32 Å². The van der Waals surface area contributed by atoms with Gasteiger partial charge < -0.3 is 15.8 Å². The molecule has 0 radical (unpaired) electrons. The second-order valence-electron chi connectivity index (χ2n) is 3.98. The third-order valence-corrected chi connectivity index (χ3v) is 2.55. The molecule has 2 aromatic rings. The van der Waals surface area contributed by atoms with Gasteiger partial charge in [-0.1, -0.05) is 12.1 Å². The molecule has 94 valence electrons. The molecule has 0 aliphatic rings. The van der Waals surface area contributed by atoms with E-state index in [-0.39, 0.29) is 5.82 Å². The third-order valence-electron chi connectivity index (χ3n) is 2.55. The maximum absolute atomic E-state index is 13.0. The monoisotopic (exact) mass is 246 g/mol. The van der Waals surface area contributed by atoms with Gasteiger partial charge in [0.15, 0.2) is 0 Å². The van der Waals surface area contributed by atoms with E-state index in [1.54, 1.807) is 19.2 Å². The lowest BCUT2D eigenvalue weighted by Gasteiger charge is -2.09. The Morgan fingerprint density at radius 2 is 2.06 bits per heavy atom. The Hall–Kier alpha value is -2.23. The minimum Gasteiger partial charge on any atom is -0.497 e. The maximum atomic E-state index is 13.0. The van der Waals surface area contributed by atoms with E-state index in [9.17, 15) is 4.39 Å². The highest BCUT2D eigenvalue weighted by atomic mass is 19.1. The number of rotatable bonds is 4. The van der Waals surface area contributed by atoms with Crippen LogP contribution in [0.25, 0.3) is 0 Å². The zero-order valence-corrected chi connectivity index (χ0v) is 10.1. The molecule has 0 unspecified atom stereocenters. The number of nitrogen functional groups attached to an aromatic ring is 1. The molecular formula is C14H15FN2O. The van der Waals surface area contributed by atoms with Gasteiger partial charge in [-0.3, -0.25) is 0 Å². The largest absolute Gasteiger partial charge is 0.497 e. The fourth-order valence-corrected chi connectivity index (χ4v) is 1.69. The van der Waals surface area contributed by atoms with Crippen molar-refractivity contribution >= 4 is 11.4 Å². The molecule has 0 aliphatic carbocycles. The van der Waals surface area contributed by atoms with Crippen molar-refractivity contribution < 1.29 is 9.13 Å². The number of nitrogens with one attached hydrogen (secondary N) is 1. The summed E-state index contributed by atoms with van der Waals surface area (Å²) >= 11 is 0. The van der Waals surface area contributed by atoms with Crippen LogP contribution in [0.5, 0.6) is 5.75 Å². The molecule has 0 fully saturated rings. The van der Waals surface area contributed by atoms with Gasteiger partial charge in [-0.05, 0) is 23.8 Å². The van der Waals surface area contributed by atoms with Crippen LogP contribution >= 0.6 is 0 Å². The predicted octanol–water partition coefficient (Wildman–Crippen LogP) is 3.03. The fraction of sp³-hybridized carbons (Fsp3) is 0.143. The molecule has 2 rings (SSSR count). The molecule has 3 N–H and O–H groups in total. The van der Waals surface area contributed by atoms with Crippen molar-refractivity contribution in [2.24, 2.45) is 0 Å². The minimum absolute atomic E-state index is 0.237. The summed E-state index contributed by atoms with van der Waals surface area (Å²) in [7, 11) is 1.59. The maximum Gasteiger partial charge on any atom is 0.123 e. The Morgan fingerprint density at radius 1 is 1.22 bits per heavy atom. The molecule has 0 aliphatic heterocycles. The van der Waals surface area contributed by atoms with E-state index in [1.807, 2.05) is 18.2 Å². The van der Waals surface area contributed by atoms with Gasteiger partial charge in [0.1, 0.15) is 11.6 Å². The number of benzene rings is 2. The van der Waals surface area contributed by atoms with E-state index in [0.29, 0.717) is 18.0 Å². The number of methoxy groups -OCH3 is 1. The predicted molar refractivity (Wildman–Crippen MR) is 71.1 cm³/mol. The van der Waals surface area contributed by atoms with Gasteiger partial charge in [-0.2, -0.15) is 0 Å². The molecule has 0 saturated carbocycles. The van der Waals surface area contributed by atoms with Crippen LogP contribution in [0.1, 0.15) is 5.56 Å². The highest BCUT2D eigenvalue weighted by Crippen LogP contribution is 2.22. The lowest BCUT2D eigenvalue weighted by molar-refractivity contribution is 0.415. The van der Waals surface area contributed by atoms with Crippen LogP contribution in [0.2, 0.25) is 0 Å². The van der Waals surface area contributed by atoms with Crippen molar-refractivity contribution in [2.45, 2.75) is 6.54 Å². The first-order valence-electron chi connectivity index (χ1n) is 5.60. The smallest absolute Gasteiger partial charge is 0.123 e. The summed E-state index contributed by atoms with van der Waals surface area (Å²) in [5, 5.41) is 3.18. The van der Waals surface area contributed by atoms with Gasteiger partial charge >= 0.3 is 0 Å². The van der Waals surface area contributed by atoms with E-state index >= 15 is 0 Å². The van der Waals surface area contributed by atoms with Crippen molar-refractivity contribution in [3.63, 3.8) is 0 Å². The Morgan fingerprint density at radius 3 is 2.78 bits per heavy atom. The number of ether oxygens (including phenoxy) is 1. The minimum atomic E-state index is -0.237. The van der Waals surface area contributed by atoms with Gasteiger partial charge in [0.05, 0.1) is 7.11 Å². The third kappa shape index (κ3) is 3.13. The van der Waals surface area contributed by atoms with Crippen LogP contribution in [0, 0.1) is 5.82 Å². The topological polar surface area (TPSA) is 47.3 Å². The lowest BCUT2D eigenvalue weighted by Crippen LogP contribution is -2.01. The van der Waals surface area contributed by atoms with Gasteiger partial charge in [-0.15, -0.1) is 0 Å². The number of hydrogen-bond donors (Lipinski definition) is 2. The molecule has 2 aromatic carbocycles. The number of nitrogens with two attached hydrogens (primary N) is 1. The van der Waals surface area contributed by atoms with Crippen LogP contribution in [-0.4, -0.2) is 7.11 Å². The summed E-state index contributed by atoms with van der Waals surface area (Å²) in [4.78, 5) is 0. The second-order valence-corrected chi connectivity index (χ2v) is 3.98. The Balaban J connectivity index is 2.08. The molecule has 0 amide bonds. The molecule has 0 aromatic heterocycles. The summed E-state index contributed by atoms with van der Waals surface area (Å²) in [6.45, 7) is 0.532. The van der Waals surface area contributed by atoms with Crippen LogP contribution in [0.4, 0.5) is 15.8 Å². The zero-order chi connectivity index (χ0) is 13.0. The quantitative estimate of drug-likeness (QED) is 0.815. The highest BCUT2D eigenvalue weighted by Gasteiger charge is 2.00. The molecule has 4 heteroatoms. The molecule has 18 heavy (non-hydrogen) atoms. The summed E-state index contributed by atoms with van der Waals surface area (Å²) < 4.78 is 18.1. The molecule has 0 heterocycles. The lowest BCUT2D eigenvalue weighted by atomic mass is 10.2. The summed E-state index contributed by atoms with van der Waals surface area (Å²) in [5.74, 6) is 0.455. The van der Waals surface area contributed by atoms with Gasteiger partial charge in [0.25, 0.3) is 0 Å². The Bertz CT molecular complexity index is 543. The average Bonchev–Trinajstić information content (AvgIpc) is 2.36. The Labute approximate surface area is 105 Å². The molecule has 0 atom stereocenters. The van der Waals surface area contributed by atoms with Crippen molar-refractivity contribution in [1.29, 1.82) is 0 Å². The summed E-state index contributed by atoms with van der Waals surface area (Å²) in [6.07, 6.45) is 0. The first-order valence-corrected chi connectivity index (χ1v) is 5.60. The van der Waals surface area contributed by atoms with Gasteiger partial charge in [-0.25, -0.2) is 4.39 Å². The van der Waals surface area contributed by atoms with Crippen molar-refractivity contribution in [3.05, 3.63) is 53.8 Å². The summed E-state index contributed by atoms with van der Waals surface area (Å²) in [5.41, 5.74) is 8.08. The van der Waals surface area contributed by atoms with Crippen molar-refractivity contribution in [1.82, 2.24) is 0 Å². The first-order chi connectivity index (χ1) is 8.67. The summed E-state index contributed by atoms with van der Waals surface area (Å²) in [6, 6.07) is 11.9. The number of halogens is 1. The van der Waals surface area contributed by atoms with Crippen molar-refractivity contribution in [3.8, 4) is 5.75 Å². The van der Waals surface area contributed by atoms with Crippen molar-refractivity contribution in [2.75, 3.05) is 18.2 Å². The second kappa shape index (κ2) is 5.40. The molecule has 0 saturated heterocycles. The molecular weight excluding hydrogens is 231 g/mol. The molecule has 0 spiro atoms. The van der Waals surface area contributed by atoms with Crippen LogP contribution < -0.4 is 15.8 Å². The van der Waals surface area contributed by atoms with E-state index in [1.165, 1.54) is 12.1 Å². The zero-order valence-electron chi connectivity index (χ0n) is 10.1. The first kappa shape index (κ1) is 12.2. The molecule has 0 bridgehead atoms. The standard InChI is InChI=1S/C14H15FN2O/c1-18-14-7-12(16)6-13(8-14)17-9-10-3-2-4-11(15)5-10/h2-8,17H,9,16H2,1H3. The van der Waals surface area contributed by atoms with Crippen LogP contribution in [0.15, 0.2) is 42.5 Å². The Kier molecular flexibility index (Phi) is 3.67. The number of hydrogen-bond acceptors (Lipinski definition) is 3.